The summed E-state index contributed by atoms with van der Waals surface area (Å²) in [5.41, 5.74) is 1.35. The zero-order valence-electron chi connectivity index (χ0n) is 18.6. The fourth-order valence-electron chi connectivity index (χ4n) is 3.38. The number of benzene rings is 3. The van der Waals surface area contributed by atoms with Crippen LogP contribution in [0.2, 0.25) is 0 Å². The van der Waals surface area contributed by atoms with E-state index in [1.54, 1.807) is 74.5 Å². The summed E-state index contributed by atoms with van der Waals surface area (Å²) in [5, 5.41) is 0. The molecule has 0 fully saturated rings. The van der Waals surface area contributed by atoms with Crippen LogP contribution in [0, 0.1) is 6.92 Å². The second kappa shape index (κ2) is 10.3. The zero-order valence-corrected chi connectivity index (χ0v) is 19.5. The molecule has 0 N–H and O–H groups in total. The number of hydrogen-bond acceptors (Lipinski definition) is 6. The van der Waals surface area contributed by atoms with Crippen molar-refractivity contribution in [1.29, 1.82) is 0 Å². The Morgan fingerprint density at radius 1 is 0.939 bits per heavy atom. The van der Waals surface area contributed by atoms with E-state index in [2.05, 4.69) is 0 Å². The molecule has 0 radical (unpaired) electrons. The molecule has 0 bridgehead atoms. The number of Topliss-reactive ketones (excluding diaryl/α,β-unsaturated/α-hetero) is 1. The van der Waals surface area contributed by atoms with Crippen molar-refractivity contribution in [1.82, 2.24) is 0 Å². The number of methoxy groups -OCH3 is 1. The fraction of sp³-hybridized carbons (Fsp3) is 0.200. The van der Waals surface area contributed by atoms with E-state index in [-0.39, 0.29) is 17.0 Å². The van der Waals surface area contributed by atoms with Crippen LogP contribution in [-0.2, 0) is 14.8 Å². The van der Waals surface area contributed by atoms with Gasteiger partial charge in [0, 0.05) is 6.54 Å². The predicted octanol–water partition coefficient (Wildman–Crippen LogP) is 4.26. The average Bonchev–Trinajstić information content (AvgIpc) is 2.83. The summed E-state index contributed by atoms with van der Waals surface area (Å²) in [7, 11) is -2.49. The molecule has 0 spiro atoms. The number of esters is 1. The molecule has 3 aromatic rings. The maximum atomic E-state index is 13.4. The highest BCUT2D eigenvalue weighted by atomic mass is 32.2. The van der Waals surface area contributed by atoms with Gasteiger partial charge in [-0.05, 0) is 55.8 Å². The van der Waals surface area contributed by atoms with Crippen molar-refractivity contribution < 1.29 is 27.5 Å². The van der Waals surface area contributed by atoms with Gasteiger partial charge in [-0.3, -0.25) is 9.10 Å². The monoisotopic (exact) mass is 467 g/mol. The van der Waals surface area contributed by atoms with E-state index in [0.717, 1.165) is 0 Å². The fourth-order valence-corrected chi connectivity index (χ4v) is 5.10. The molecule has 0 amide bonds. The van der Waals surface area contributed by atoms with E-state index >= 15 is 0 Å². The first-order chi connectivity index (χ1) is 15.8. The van der Waals surface area contributed by atoms with Gasteiger partial charge in [-0.2, -0.15) is 0 Å². The van der Waals surface area contributed by atoms with Gasteiger partial charge < -0.3 is 9.47 Å². The molecule has 0 unspecified atom stereocenters. The molecule has 172 valence electrons. The number of anilines is 1. The molecule has 0 saturated carbocycles. The van der Waals surface area contributed by atoms with Crippen LogP contribution in [0.3, 0.4) is 0 Å². The van der Waals surface area contributed by atoms with Crippen molar-refractivity contribution in [2.45, 2.75) is 18.7 Å². The summed E-state index contributed by atoms with van der Waals surface area (Å²) in [4.78, 5) is 25.1. The van der Waals surface area contributed by atoms with Gasteiger partial charge in [-0.15, -0.1) is 0 Å². The minimum Gasteiger partial charge on any atom is -0.496 e. The second-order valence-electron chi connectivity index (χ2n) is 7.19. The third kappa shape index (κ3) is 5.23. The number of ketones is 1. The molecule has 0 aliphatic rings. The Morgan fingerprint density at radius 3 is 2.27 bits per heavy atom. The number of carbonyl (C=O) groups excluding carboxylic acids is 2. The molecular weight excluding hydrogens is 442 g/mol. The summed E-state index contributed by atoms with van der Waals surface area (Å²) in [6, 6.07) is 19.7. The Labute approximate surface area is 193 Å². The number of para-hydroxylation sites is 2. The summed E-state index contributed by atoms with van der Waals surface area (Å²) in [6.45, 7) is 3.11. The number of ether oxygens (including phenoxy) is 2. The number of aryl methyl sites for hydroxylation is 1. The van der Waals surface area contributed by atoms with Crippen molar-refractivity contribution in [2.24, 2.45) is 0 Å². The molecule has 0 aliphatic carbocycles. The zero-order chi connectivity index (χ0) is 24.0. The Bertz CT molecular complexity index is 1250. The summed E-state index contributed by atoms with van der Waals surface area (Å²) < 4.78 is 38.4. The molecule has 3 rings (SSSR count). The van der Waals surface area contributed by atoms with E-state index in [1.165, 1.54) is 23.5 Å². The van der Waals surface area contributed by atoms with Crippen molar-refractivity contribution in [3.63, 3.8) is 0 Å². The summed E-state index contributed by atoms with van der Waals surface area (Å²) in [6.07, 6.45) is 0. The number of carbonyl (C=O) groups is 2. The van der Waals surface area contributed by atoms with Crippen molar-refractivity contribution in [3.05, 3.63) is 89.5 Å². The smallest absolute Gasteiger partial charge is 0.338 e. The van der Waals surface area contributed by atoms with Gasteiger partial charge in [0.25, 0.3) is 10.0 Å². The van der Waals surface area contributed by atoms with Gasteiger partial charge in [-0.1, -0.05) is 36.4 Å². The van der Waals surface area contributed by atoms with E-state index in [0.29, 0.717) is 22.6 Å². The molecular formula is C25H25NO6S. The molecule has 0 aromatic heterocycles. The van der Waals surface area contributed by atoms with Crippen LogP contribution >= 0.6 is 0 Å². The van der Waals surface area contributed by atoms with Crippen LogP contribution in [0.4, 0.5) is 5.69 Å². The minimum absolute atomic E-state index is 0.00120. The molecule has 0 heterocycles. The lowest BCUT2D eigenvalue weighted by molar-refractivity contribution is 0.0473. The van der Waals surface area contributed by atoms with Crippen LogP contribution in [0.15, 0.2) is 77.7 Å². The predicted molar refractivity (Wildman–Crippen MR) is 125 cm³/mol. The topological polar surface area (TPSA) is 90.0 Å². The lowest BCUT2D eigenvalue weighted by Gasteiger charge is -2.24. The number of rotatable bonds is 9. The van der Waals surface area contributed by atoms with Gasteiger partial charge in [0.15, 0.2) is 6.61 Å². The van der Waals surface area contributed by atoms with Crippen molar-refractivity contribution >= 4 is 27.5 Å². The first-order valence-electron chi connectivity index (χ1n) is 10.3. The second-order valence-corrected chi connectivity index (χ2v) is 9.02. The number of sulfonamides is 1. The van der Waals surface area contributed by atoms with E-state index in [4.69, 9.17) is 9.47 Å². The Morgan fingerprint density at radius 2 is 1.61 bits per heavy atom. The average molecular weight is 468 g/mol. The SMILES string of the molecule is CCN(c1ccccc1)S(=O)(=O)c1cc(C(=O)OCC(=O)c2ccccc2OC)ccc1C. The standard InChI is InChI=1S/C25H25NO6S/c1-4-26(20-10-6-5-7-11-20)33(29,30)24-16-19(15-14-18(24)2)25(28)32-17-22(27)21-12-8-9-13-23(21)31-3/h5-16H,4,17H2,1-3H3. The van der Waals surface area contributed by atoms with Crippen LogP contribution in [-0.4, -0.2) is 40.4 Å². The molecule has 0 atom stereocenters. The maximum absolute atomic E-state index is 13.4. The number of hydrogen-bond donors (Lipinski definition) is 0. The van der Waals surface area contributed by atoms with Crippen molar-refractivity contribution in [3.8, 4) is 5.75 Å². The maximum Gasteiger partial charge on any atom is 0.338 e. The van der Waals surface area contributed by atoms with Gasteiger partial charge in [-0.25, -0.2) is 13.2 Å². The molecule has 0 aliphatic heterocycles. The minimum atomic E-state index is -3.93. The Hall–Kier alpha value is -3.65. The highest BCUT2D eigenvalue weighted by Gasteiger charge is 2.27. The van der Waals surface area contributed by atoms with E-state index in [9.17, 15) is 18.0 Å². The third-order valence-corrected chi connectivity index (χ3v) is 7.11. The lowest BCUT2D eigenvalue weighted by atomic mass is 10.1. The molecule has 7 nitrogen and oxygen atoms in total. The summed E-state index contributed by atoms with van der Waals surface area (Å²) in [5.74, 6) is -0.845. The quantitative estimate of drug-likeness (QED) is 0.345. The van der Waals surface area contributed by atoms with Gasteiger partial charge >= 0.3 is 5.97 Å². The van der Waals surface area contributed by atoms with Gasteiger partial charge in [0.05, 0.1) is 28.8 Å². The lowest BCUT2D eigenvalue weighted by Crippen LogP contribution is -2.31. The van der Waals surface area contributed by atoms with Crippen LogP contribution < -0.4 is 9.04 Å². The largest absolute Gasteiger partial charge is 0.496 e. The van der Waals surface area contributed by atoms with Gasteiger partial charge in [0.2, 0.25) is 5.78 Å². The first kappa shape index (κ1) is 24.0. The number of nitrogens with zero attached hydrogens (tertiary/aromatic N) is 1. The molecule has 3 aromatic carbocycles. The normalized spacial score (nSPS) is 11.0. The van der Waals surface area contributed by atoms with Gasteiger partial charge in [0.1, 0.15) is 5.75 Å². The molecule has 0 saturated heterocycles. The van der Waals surface area contributed by atoms with E-state index < -0.39 is 28.4 Å². The van der Waals surface area contributed by atoms with Crippen LogP contribution in [0.1, 0.15) is 33.2 Å². The molecule has 33 heavy (non-hydrogen) atoms. The third-order valence-electron chi connectivity index (χ3n) is 5.07. The molecule has 8 heteroatoms. The Balaban J connectivity index is 1.83. The van der Waals surface area contributed by atoms with Crippen molar-refractivity contribution in [2.75, 3.05) is 24.6 Å². The highest BCUT2D eigenvalue weighted by Crippen LogP contribution is 2.26. The van der Waals surface area contributed by atoms with Crippen LogP contribution in [0.5, 0.6) is 5.75 Å². The van der Waals surface area contributed by atoms with E-state index in [1.807, 2.05) is 0 Å². The first-order valence-corrected chi connectivity index (χ1v) is 11.8. The Kier molecular flexibility index (Phi) is 7.50. The highest BCUT2D eigenvalue weighted by molar-refractivity contribution is 7.92. The van der Waals surface area contributed by atoms with Crippen LogP contribution in [0.25, 0.3) is 0 Å². The summed E-state index contributed by atoms with van der Waals surface area (Å²) >= 11 is 0.